The summed E-state index contributed by atoms with van der Waals surface area (Å²) in [4.78, 5) is 34.1. The highest BCUT2D eigenvalue weighted by Gasteiger charge is 2.24. The third kappa shape index (κ3) is 6.86. The number of carboxylic acids is 1. The lowest BCUT2D eigenvalue weighted by Gasteiger charge is -2.18. The third-order valence-electron chi connectivity index (χ3n) is 6.32. The molecule has 0 saturated heterocycles. The van der Waals surface area contributed by atoms with Crippen LogP contribution >= 0.6 is 11.3 Å². The van der Waals surface area contributed by atoms with Gasteiger partial charge in [-0.05, 0) is 66.8 Å². The summed E-state index contributed by atoms with van der Waals surface area (Å²) >= 11 is 1.54. The number of thiazole rings is 1. The average molecular weight is 540 g/mol. The Kier molecular flexibility index (Phi) is 8.69. The molecule has 0 aliphatic rings. The molecule has 0 aliphatic heterocycles. The molecule has 4 aromatic rings. The van der Waals surface area contributed by atoms with Crippen LogP contribution in [-0.4, -0.2) is 33.0 Å². The average Bonchev–Trinajstić information content (AvgIpc) is 3.40. The number of hydrogen-bond acceptors (Lipinski definition) is 7. The van der Waals surface area contributed by atoms with Crippen LogP contribution in [0.2, 0.25) is 0 Å². The number of aliphatic carboxylic acids is 1. The number of carboxylic acid groups (broad SMARTS) is 1. The Labute approximate surface area is 231 Å². The van der Waals surface area contributed by atoms with Crippen LogP contribution in [0.5, 0.6) is 0 Å². The molecule has 1 amide bonds. The number of nitrogens with one attached hydrogen (secondary N) is 2. The van der Waals surface area contributed by atoms with Crippen LogP contribution < -0.4 is 10.6 Å². The van der Waals surface area contributed by atoms with Gasteiger partial charge < -0.3 is 15.7 Å². The minimum absolute atomic E-state index is 0.134. The number of carbonyl (C=O) groups is 2. The largest absolute Gasteiger partial charge is 0.480 e. The van der Waals surface area contributed by atoms with Gasteiger partial charge in [0.1, 0.15) is 16.9 Å². The Morgan fingerprint density at radius 2 is 1.90 bits per heavy atom. The second-order valence-electron chi connectivity index (χ2n) is 9.27. The third-order valence-corrected chi connectivity index (χ3v) is 7.26. The second kappa shape index (κ2) is 12.3. The number of rotatable bonds is 10. The second-order valence-corrected chi connectivity index (χ2v) is 10.1. The Morgan fingerprint density at radius 1 is 1.13 bits per heavy atom. The van der Waals surface area contributed by atoms with Crippen LogP contribution in [0.4, 0.5) is 5.82 Å². The molecule has 0 aliphatic carbocycles. The first-order valence-corrected chi connectivity index (χ1v) is 13.4. The Balaban J connectivity index is 1.42. The van der Waals surface area contributed by atoms with Gasteiger partial charge in [0.15, 0.2) is 0 Å². The molecule has 1 atom stereocenters. The van der Waals surface area contributed by atoms with Crippen molar-refractivity contribution in [1.82, 2.24) is 15.3 Å². The molecule has 39 heavy (non-hydrogen) atoms. The van der Waals surface area contributed by atoms with Gasteiger partial charge in [-0.2, -0.15) is 5.26 Å². The molecular formula is C30H29N5O3S. The molecule has 0 radical (unpaired) electrons. The zero-order chi connectivity index (χ0) is 27.9. The number of nitriles is 1. The standard InChI is InChI=1S/C30H29N5O3S/c1-4-22-13-21(15-31)12-19(3)27(22)28(36)35-25(30(37)38)14-20-5-7-23(8-6-20)29-34-24(17-39-29)16-33-26-11-18(2)9-10-32-26/h5-13,17,25H,4,14,16H2,1-3H3,(H,32,33)(H,35,36)(H,37,38). The maximum absolute atomic E-state index is 13.1. The minimum atomic E-state index is -1.11. The number of amides is 1. The normalized spacial score (nSPS) is 11.4. The van der Waals surface area contributed by atoms with Crippen molar-refractivity contribution < 1.29 is 14.7 Å². The van der Waals surface area contributed by atoms with Gasteiger partial charge in [-0.1, -0.05) is 31.2 Å². The predicted molar refractivity (Wildman–Crippen MR) is 152 cm³/mol. The molecule has 4 rings (SSSR count). The number of pyridine rings is 1. The molecule has 2 heterocycles. The van der Waals surface area contributed by atoms with Crippen LogP contribution in [0.1, 0.15) is 50.8 Å². The van der Waals surface area contributed by atoms with Gasteiger partial charge in [-0.25, -0.2) is 14.8 Å². The highest BCUT2D eigenvalue weighted by atomic mass is 32.1. The number of benzene rings is 2. The number of anilines is 1. The Morgan fingerprint density at radius 3 is 2.56 bits per heavy atom. The number of hydrogen-bond donors (Lipinski definition) is 3. The molecule has 198 valence electrons. The summed E-state index contributed by atoms with van der Waals surface area (Å²) in [6.07, 6.45) is 2.45. The quantitative estimate of drug-likeness (QED) is 0.250. The van der Waals surface area contributed by atoms with E-state index in [1.54, 1.807) is 25.3 Å². The van der Waals surface area contributed by atoms with Crippen molar-refractivity contribution >= 4 is 29.0 Å². The van der Waals surface area contributed by atoms with Gasteiger partial charge in [-0.15, -0.1) is 11.3 Å². The van der Waals surface area contributed by atoms with Crippen molar-refractivity contribution in [2.45, 2.75) is 46.2 Å². The first-order valence-electron chi connectivity index (χ1n) is 12.5. The van der Waals surface area contributed by atoms with Crippen LogP contribution in [0.3, 0.4) is 0 Å². The topological polar surface area (TPSA) is 128 Å². The van der Waals surface area contributed by atoms with Crippen molar-refractivity contribution in [3.8, 4) is 16.6 Å². The van der Waals surface area contributed by atoms with E-state index < -0.39 is 17.9 Å². The maximum atomic E-state index is 13.1. The fourth-order valence-electron chi connectivity index (χ4n) is 4.31. The molecule has 3 N–H and O–H groups in total. The molecule has 2 aromatic carbocycles. The highest BCUT2D eigenvalue weighted by Crippen LogP contribution is 2.25. The number of aryl methyl sites for hydroxylation is 3. The van der Waals surface area contributed by atoms with Crippen LogP contribution in [0, 0.1) is 25.2 Å². The predicted octanol–water partition coefficient (Wildman–Crippen LogP) is 5.29. The summed E-state index contributed by atoms with van der Waals surface area (Å²) in [5, 5.41) is 27.9. The highest BCUT2D eigenvalue weighted by molar-refractivity contribution is 7.13. The first-order chi connectivity index (χ1) is 18.8. The molecule has 0 bridgehead atoms. The summed E-state index contributed by atoms with van der Waals surface area (Å²) < 4.78 is 0. The molecule has 1 unspecified atom stereocenters. The zero-order valence-corrected chi connectivity index (χ0v) is 22.8. The molecular weight excluding hydrogens is 510 g/mol. The Bertz CT molecular complexity index is 1540. The van der Waals surface area contributed by atoms with E-state index in [0.29, 0.717) is 35.2 Å². The van der Waals surface area contributed by atoms with Crippen LogP contribution in [-0.2, 0) is 24.2 Å². The van der Waals surface area contributed by atoms with Crippen molar-refractivity contribution in [3.05, 3.63) is 99.2 Å². The Hall–Kier alpha value is -4.55. The lowest BCUT2D eigenvalue weighted by molar-refractivity contribution is -0.139. The molecule has 8 nitrogen and oxygen atoms in total. The van der Waals surface area contributed by atoms with Crippen molar-refractivity contribution in [1.29, 1.82) is 5.26 Å². The van der Waals surface area contributed by atoms with Gasteiger partial charge in [0.25, 0.3) is 5.91 Å². The van der Waals surface area contributed by atoms with Crippen LogP contribution in [0.25, 0.3) is 10.6 Å². The number of aromatic nitrogens is 2. The lowest BCUT2D eigenvalue weighted by atomic mass is 9.95. The van der Waals surface area contributed by atoms with E-state index in [1.807, 2.05) is 55.6 Å². The lowest BCUT2D eigenvalue weighted by Crippen LogP contribution is -2.42. The summed E-state index contributed by atoms with van der Waals surface area (Å²) in [6.45, 7) is 6.22. The molecule has 0 saturated carbocycles. The summed E-state index contributed by atoms with van der Waals surface area (Å²) in [6, 6.07) is 15.8. The summed E-state index contributed by atoms with van der Waals surface area (Å²) in [5.41, 5.74) is 6.00. The van der Waals surface area contributed by atoms with Gasteiger partial charge in [0.05, 0.1) is 23.9 Å². The fourth-order valence-corrected chi connectivity index (χ4v) is 5.14. The van der Waals surface area contributed by atoms with Gasteiger partial charge in [0, 0.05) is 29.1 Å². The first kappa shape index (κ1) is 27.5. The summed E-state index contributed by atoms with van der Waals surface area (Å²) in [5.74, 6) is -0.770. The summed E-state index contributed by atoms with van der Waals surface area (Å²) in [7, 11) is 0. The SMILES string of the molecule is CCc1cc(C#N)cc(C)c1C(=O)NC(Cc1ccc(-c2nc(CNc3cc(C)ccn3)cs2)cc1)C(=O)O. The monoisotopic (exact) mass is 539 g/mol. The smallest absolute Gasteiger partial charge is 0.326 e. The van der Waals surface area contributed by atoms with Gasteiger partial charge in [-0.3, -0.25) is 4.79 Å². The van der Waals surface area contributed by atoms with Gasteiger partial charge in [0.2, 0.25) is 0 Å². The molecule has 9 heteroatoms. The van der Waals surface area contributed by atoms with Crippen molar-refractivity contribution in [2.75, 3.05) is 5.32 Å². The molecule has 0 fully saturated rings. The van der Waals surface area contributed by atoms with Crippen molar-refractivity contribution in [2.24, 2.45) is 0 Å². The van der Waals surface area contributed by atoms with Crippen molar-refractivity contribution in [3.63, 3.8) is 0 Å². The van der Waals surface area contributed by atoms with Gasteiger partial charge >= 0.3 is 5.97 Å². The van der Waals surface area contributed by atoms with E-state index in [-0.39, 0.29) is 6.42 Å². The minimum Gasteiger partial charge on any atom is -0.480 e. The van der Waals surface area contributed by atoms with E-state index in [4.69, 9.17) is 4.98 Å². The van der Waals surface area contributed by atoms with Crippen LogP contribution in [0.15, 0.2) is 60.1 Å². The van der Waals surface area contributed by atoms with E-state index in [1.165, 1.54) is 11.3 Å². The van der Waals surface area contributed by atoms with E-state index in [9.17, 15) is 20.0 Å². The number of nitrogens with zero attached hydrogens (tertiary/aromatic N) is 3. The molecule has 0 spiro atoms. The molecule has 2 aromatic heterocycles. The fraction of sp³-hybridized carbons (Fsp3) is 0.233. The maximum Gasteiger partial charge on any atom is 0.326 e. The van der Waals surface area contributed by atoms with E-state index in [0.717, 1.165) is 33.2 Å². The zero-order valence-electron chi connectivity index (χ0n) is 22.0. The van der Waals surface area contributed by atoms with E-state index in [2.05, 4.69) is 21.7 Å². The van der Waals surface area contributed by atoms with E-state index >= 15 is 0 Å². The number of carbonyl (C=O) groups excluding carboxylic acids is 1.